The molecule has 0 amide bonds. The van der Waals surface area contributed by atoms with Gasteiger partial charge < -0.3 is 4.74 Å². The smallest absolute Gasteiger partial charge is 0.336 e. The topological polar surface area (TPSA) is 50.1 Å². The van der Waals surface area contributed by atoms with E-state index >= 15 is 0 Å². The summed E-state index contributed by atoms with van der Waals surface area (Å²) in [5.74, 6) is -0.0792. The summed E-state index contributed by atoms with van der Waals surface area (Å²) >= 11 is 5.84. The first-order chi connectivity index (χ1) is 13.6. The van der Waals surface area contributed by atoms with E-state index in [-0.39, 0.29) is 0 Å². The molecule has 0 unspecified atom stereocenters. The predicted octanol–water partition coefficient (Wildman–Crippen LogP) is 6.02. The van der Waals surface area contributed by atoms with Crippen molar-refractivity contribution in [1.82, 2.24) is 0 Å². The van der Waals surface area contributed by atoms with Gasteiger partial charge in [-0.1, -0.05) is 66.2 Å². The highest BCUT2D eigenvalue weighted by Crippen LogP contribution is 2.21. The Morgan fingerprint density at radius 2 is 1.68 bits per heavy atom. The van der Waals surface area contributed by atoms with E-state index in [2.05, 4.69) is 6.07 Å². The Kier molecular flexibility index (Phi) is 6.41. The molecule has 0 bridgehead atoms. The summed E-state index contributed by atoms with van der Waals surface area (Å²) in [5.41, 5.74) is 2.98. The maximum atomic E-state index is 12.1. The molecular weight excluding hydrogens is 370 g/mol. The molecule has 0 atom stereocenters. The third-order valence-corrected chi connectivity index (χ3v) is 4.13. The first-order valence-corrected chi connectivity index (χ1v) is 8.94. The number of halogens is 1. The second-order valence-electron chi connectivity index (χ2n) is 5.91. The van der Waals surface area contributed by atoms with Gasteiger partial charge in [0.25, 0.3) is 0 Å². The molecule has 136 valence electrons. The summed E-state index contributed by atoms with van der Waals surface area (Å²) in [4.78, 5) is 12.1. The number of carbonyl (C=O) groups is 1. The van der Waals surface area contributed by atoms with E-state index in [1.165, 1.54) is 6.08 Å². The number of nitriles is 1. The van der Waals surface area contributed by atoms with Crippen molar-refractivity contribution in [2.75, 3.05) is 0 Å². The van der Waals surface area contributed by atoms with Crippen molar-refractivity contribution in [3.05, 3.63) is 107 Å². The molecule has 0 aliphatic heterocycles. The van der Waals surface area contributed by atoms with E-state index < -0.39 is 5.97 Å². The number of hydrogen-bond acceptors (Lipinski definition) is 3. The van der Waals surface area contributed by atoms with Gasteiger partial charge in [-0.3, -0.25) is 0 Å². The molecular formula is C24H16ClNO2. The summed E-state index contributed by atoms with van der Waals surface area (Å²) < 4.78 is 5.36. The summed E-state index contributed by atoms with van der Waals surface area (Å²) in [6.45, 7) is 0. The molecule has 0 radical (unpaired) electrons. The maximum absolute atomic E-state index is 12.1. The average molecular weight is 386 g/mol. The zero-order chi connectivity index (χ0) is 19.8. The second kappa shape index (κ2) is 9.36. The standard InChI is InChI=1S/C24H16ClNO2/c25-22-12-9-18(10-13-22)11-14-24(27)28-23-8-4-5-19(16-23)15-21(17-26)20-6-2-1-3-7-20/h1-16H/b14-11+,21-15-. The SMILES string of the molecule is N#C/C(=C/c1cccc(OC(=O)/C=C/c2ccc(Cl)cc2)c1)c1ccccc1. The molecule has 0 aliphatic carbocycles. The van der Waals surface area contributed by atoms with Gasteiger partial charge in [-0.05, 0) is 53.1 Å². The molecule has 3 nitrogen and oxygen atoms in total. The predicted molar refractivity (Wildman–Crippen MR) is 112 cm³/mol. The molecule has 0 heterocycles. The van der Waals surface area contributed by atoms with Crippen LogP contribution >= 0.6 is 11.6 Å². The van der Waals surface area contributed by atoms with Crippen LogP contribution in [0.15, 0.2) is 84.9 Å². The lowest BCUT2D eigenvalue weighted by atomic mass is 10.0. The second-order valence-corrected chi connectivity index (χ2v) is 6.35. The van der Waals surface area contributed by atoms with Crippen molar-refractivity contribution in [1.29, 1.82) is 5.26 Å². The Balaban J connectivity index is 1.72. The van der Waals surface area contributed by atoms with E-state index in [1.54, 1.807) is 42.5 Å². The Morgan fingerprint density at radius 1 is 0.929 bits per heavy atom. The highest BCUT2D eigenvalue weighted by Gasteiger charge is 2.04. The maximum Gasteiger partial charge on any atom is 0.336 e. The van der Waals surface area contributed by atoms with Crippen molar-refractivity contribution in [3.63, 3.8) is 0 Å². The van der Waals surface area contributed by atoms with Gasteiger partial charge in [0.15, 0.2) is 0 Å². The van der Waals surface area contributed by atoms with Crippen molar-refractivity contribution in [2.45, 2.75) is 0 Å². The van der Waals surface area contributed by atoms with Gasteiger partial charge >= 0.3 is 5.97 Å². The van der Waals surface area contributed by atoms with Gasteiger partial charge in [0.2, 0.25) is 0 Å². The molecule has 0 saturated carbocycles. The first kappa shape index (κ1) is 19.2. The summed E-state index contributed by atoms with van der Waals surface area (Å²) in [6.07, 6.45) is 4.78. The van der Waals surface area contributed by atoms with Crippen LogP contribution < -0.4 is 4.74 Å². The largest absolute Gasteiger partial charge is 0.423 e. The van der Waals surface area contributed by atoms with Crippen molar-refractivity contribution >= 4 is 35.3 Å². The average Bonchev–Trinajstić information content (AvgIpc) is 2.72. The number of esters is 1. The van der Waals surface area contributed by atoms with E-state index in [0.717, 1.165) is 16.7 Å². The van der Waals surface area contributed by atoms with Gasteiger partial charge in [-0.15, -0.1) is 0 Å². The fourth-order valence-electron chi connectivity index (χ4n) is 2.52. The molecule has 4 heteroatoms. The fourth-order valence-corrected chi connectivity index (χ4v) is 2.65. The number of hydrogen-bond donors (Lipinski definition) is 0. The normalized spacial score (nSPS) is 11.2. The number of rotatable bonds is 5. The minimum Gasteiger partial charge on any atom is -0.423 e. The van der Waals surface area contributed by atoms with Gasteiger partial charge in [-0.25, -0.2) is 4.79 Å². The molecule has 0 saturated heterocycles. The van der Waals surface area contributed by atoms with Crippen LogP contribution in [0.25, 0.3) is 17.7 Å². The highest BCUT2D eigenvalue weighted by atomic mass is 35.5. The molecule has 0 aliphatic rings. The van der Waals surface area contributed by atoms with Gasteiger partial charge in [0.05, 0.1) is 11.6 Å². The number of benzene rings is 3. The third-order valence-electron chi connectivity index (χ3n) is 3.87. The lowest BCUT2D eigenvalue weighted by Gasteiger charge is -2.04. The monoisotopic (exact) mass is 385 g/mol. The van der Waals surface area contributed by atoms with Gasteiger partial charge in [0.1, 0.15) is 5.75 Å². The lowest BCUT2D eigenvalue weighted by molar-refractivity contribution is -0.128. The minimum absolute atomic E-state index is 0.407. The minimum atomic E-state index is -0.486. The molecule has 3 aromatic carbocycles. The van der Waals surface area contributed by atoms with Crippen LogP contribution in [-0.4, -0.2) is 5.97 Å². The third kappa shape index (κ3) is 5.44. The van der Waals surface area contributed by atoms with Crippen LogP contribution in [0.3, 0.4) is 0 Å². The van der Waals surface area contributed by atoms with Crippen LogP contribution in [0.1, 0.15) is 16.7 Å². The van der Waals surface area contributed by atoms with Crippen LogP contribution in [0, 0.1) is 11.3 Å². The summed E-state index contributed by atoms with van der Waals surface area (Å²) in [7, 11) is 0. The number of ether oxygens (including phenoxy) is 1. The number of nitrogens with zero attached hydrogens (tertiary/aromatic N) is 1. The van der Waals surface area contributed by atoms with E-state index in [0.29, 0.717) is 16.3 Å². The zero-order valence-electron chi connectivity index (χ0n) is 14.9. The molecule has 3 rings (SSSR count). The van der Waals surface area contributed by atoms with E-state index in [1.807, 2.05) is 48.5 Å². The van der Waals surface area contributed by atoms with Gasteiger partial charge in [0, 0.05) is 11.1 Å². The number of carbonyl (C=O) groups excluding carboxylic acids is 1. The lowest BCUT2D eigenvalue weighted by Crippen LogP contribution is -2.03. The van der Waals surface area contributed by atoms with E-state index in [4.69, 9.17) is 16.3 Å². The van der Waals surface area contributed by atoms with Crippen LogP contribution in [-0.2, 0) is 4.79 Å². The molecule has 0 N–H and O–H groups in total. The number of allylic oxidation sites excluding steroid dienone is 1. The fraction of sp³-hybridized carbons (Fsp3) is 0. The Bertz CT molecular complexity index is 1060. The van der Waals surface area contributed by atoms with Crippen molar-refractivity contribution in [3.8, 4) is 11.8 Å². The Morgan fingerprint density at radius 3 is 2.39 bits per heavy atom. The molecule has 28 heavy (non-hydrogen) atoms. The highest BCUT2D eigenvalue weighted by molar-refractivity contribution is 6.30. The van der Waals surface area contributed by atoms with Crippen molar-refractivity contribution < 1.29 is 9.53 Å². The Hall–Kier alpha value is -3.61. The summed E-state index contributed by atoms with van der Waals surface area (Å²) in [6, 6.07) is 25.8. The Labute approximate surface area is 168 Å². The van der Waals surface area contributed by atoms with Crippen LogP contribution in [0.2, 0.25) is 5.02 Å². The first-order valence-electron chi connectivity index (χ1n) is 8.57. The summed E-state index contributed by atoms with van der Waals surface area (Å²) in [5, 5.41) is 10.1. The quantitative estimate of drug-likeness (QED) is 0.177. The van der Waals surface area contributed by atoms with E-state index in [9.17, 15) is 10.1 Å². The molecule has 0 spiro atoms. The van der Waals surface area contributed by atoms with Crippen LogP contribution in [0.4, 0.5) is 0 Å². The zero-order valence-corrected chi connectivity index (χ0v) is 15.6. The molecule has 0 aromatic heterocycles. The molecule has 0 fully saturated rings. The van der Waals surface area contributed by atoms with Gasteiger partial charge in [-0.2, -0.15) is 5.26 Å². The van der Waals surface area contributed by atoms with Crippen molar-refractivity contribution in [2.24, 2.45) is 0 Å². The molecule has 3 aromatic rings. The van der Waals surface area contributed by atoms with Crippen LogP contribution in [0.5, 0.6) is 5.75 Å².